The Morgan fingerprint density at radius 1 is 1.50 bits per heavy atom. The van der Waals surface area contributed by atoms with E-state index in [1.165, 1.54) is 23.9 Å². The highest BCUT2D eigenvalue weighted by Crippen LogP contribution is 2.15. The third-order valence-corrected chi connectivity index (χ3v) is 4.41. The Balaban J connectivity index is 3.05. The number of aromatic nitrogens is 1. The average molecular weight is 303 g/mol. The zero-order valence-electron chi connectivity index (χ0n) is 12.0. The Morgan fingerprint density at radius 3 is 2.65 bits per heavy atom. The van der Waals surface area contributed by atoms with Crippen molar-refractivity contribution < 1.29 is 18.3 Å². The van der Waals surface area contributed by atoms with Crippen LogP contribution in [0.2, 0.25) is 0 Å². The standard InChI is InChI=1S/C12H21N3O4S/c1-4-15(6-5-7-16)12(17)11-8-10(9-14(11)3)20(18,19)13-2/h8-9,13,16H,4-7H2,1-3H3. The summed E-state index contributed by atoms with van der Waals surface area (Å²) in [5.74, 6) is -0.249. The van der Waals surface area contributed by atoms with Crippen LogP contribution in [-0.2, 0) is 17.1 Å². The van der Waals surface area contributed by atoms with Crippen LogP contribution in [0.25, 0.3) is 0 Å². The Hall–Kier alpha value is -1.38. The maximum atomic E-state index is 12.3. The third-order valence-electron chi connectivity index (χ3n) is 3.03. The van der Waals surface area contributed by atoms with Crippen LogP contribution < -0.4 is 4.72 Å². The number of rotatable bonds is 7. The van der Waals surface area contributed by atoms with Crippen molar-refractivity contribution in [3.05, 3.63) is 18.0 Å². The van der Waals surface area contributed by atoms with Crippen molar-refractivity contribution in [3.63, 3.8) is 0 Å². The fourth-order valence-electron chi connectivity index (χ4n) is 1.84. The Labute approximate surface area is 119 Å². The number of hydrogen-bond donors (Lipinski definition) is 2. The van der Waals surface area contributed by atoms with Crippen LogP contribution in [0, 0.1) is 0 Å². The number of hydrogen-bond acceptors (Lipinski definition) is 4. The molecular weight excluding hydrogens is 282 g/mol. The van der Waals surface area contributed by atoms with E-state index in [-0.39, 0.29) is 17.4 Å². The third kappa shape index (κ3) is 3.59. The van der Waals surface area contributed by atoms with E-state index in [9.17, 15) is 13.2 Å². The highest BCUT2D eigenvalue weighted by Gasteiger charge is 2.22. The van der Waals surface area contributed by atoms with E-state index in [4.69, 9.17) is 5.11 Å². The molecule has 1 amide bonds. The van der Waals surface area contributed by atoms with Crippen LogP contribution in [0.3, 0.4) is 0 Å². The quantitative estimate of drug-likeness (QED) is 0.728. The monoisotopic (exact) mass is 303 g/mol. The molecule has 0 atom stereocenters. The summed E-state index contributed by atoms with van der Waals surface area (Å²) in [7, 11) is -0.615. The number of amides is 1. The fraction of sp³-hybridized carbons (Fsp3) is 0.583. The first-order chi connectivity index (χ1) is 9.37. The summed E-state index contributed by atoms with van der Waals surface area (Å²) >= 11 is 0. The number of nitrogens with zero attached hydrogens (tertiary/aromatic N) is 2. The smallest absolute Gasteiger partial charge is 0.270 e. The van der Waals surface area contributed by atoms with Crippen LogP contribution in [0.4, 0.5) is 0 Å². The second-order valence-electron chi connectivity index (χ2n) is 4.34. The number of aliphatic hydroxyl groups excluding tert-OH is 1. The molecule has 7 nitrogen and oxygen atoms in total. The van der Waals surface area contributed by atoms with Gasteiger partial charge in [-0.1, -0.05) is 0 Å². The topological polar surface area (TPSA) is 91.6 Å². The fourth-order valence-corrected chi connectivity index (χ4v) is 2.64. The summed E-state index contributed by atoms with van der Waals surface area (Å²) < 4.78 is 27.1. The molecule has 0 aromatic carbocycles. The van der Waals surface area contributed by atoms with Gasteiger partial charge in [0, 0.05) is 32.9 Å². The summed E-state index contributed by atoms with van der Waals surface area (Å²) in [6.07, 6.45) is 1.89. The van der Waals surface area contributed by atoms with Crippen LogP contribution in [0.1, 0.15) is 23.8 Å². The van der Waals surface area contributed by atoms with Gasteiger partial charge in [-0.2, -0.15) is 0 Å². The molecule has 1 heterocycles. The second kappa shape index (κ2) is 6.87. The summed E-state index contributed by atoms with van der Waals surface area (Å²) in [6.45, 7) is 2.78. The molecule has 1 aromatic heterocycles. The Morgan fingerprint density at radius 2 is 2.15 bits per heavy atom. The van der Waals surface area contributed by atoms with E-state index in [2.05, 4.69) is 4.72 Å². The summed E-state index contributed by atoms with van der Waals surface area (Å²) in [5.41, 5.74) is 0.304. The van der Waals surface area contributed by atoms with Crippen molar-refractivity contribution in [2.75, 3.05) is 26.7 Å². The van der Waals surface area contributed by atoms with Crippen LogP contribution in [0.5, 0.6) is 0 Å². The minimum atomic E-state index is -3.56. The van der Waals surface area contributed by atoms with E-state index in [1.54, 1.807) is 11.9 Å². The molecule has 0 bridgehead atoms. The van der Waals surface area contributed by atoms with Gasteiger partial charge in [0.1, 0.15) is 10.6 Å². The molecule has 114 valence electrons. The largest absolute Gasteiger partial charge is 0.396 e. The minimum Gasteiger partial charge on any atom is -0.396 e. The predicted molar refractivity (Wildman–Crippen MR) is 74.9 cm³/mol. The molecule has 20 heavy (non-hydrogen) atoms. The molecule has 0 radical (unpaired) electrons. The number of carbonyl (C=O) groups is 1. The zero-order valence-corrected chi connectivity index (χ0v) is 12.8. The van der Waals surface area contributed by atoms with Gasteiger partial charge in [0.2, 0.25) is 10.0 Å². The van der Waals surface area contributed by atoms with Gasteiger partial charge < -0.3 is 14.6 Å². The van der Waals surface area contributed by atoms with Gasteiger partial charge in [0.15, 0.2) is 0 Å². The number of aliphatic hydroxyl groups is 1. The van der Waals surface area contributed by atoms with Crippen LogP contribution >= 0.6 is 0 Å². The van der Waals surface area contributed by atoms with Crippen molar-refractivity contribution in [3.8, 4) is 0 Å². The maximum Gasteiger partial charge on any atom is 0.270 e. The highest BCUT2D eigenvalue weighted by atomic mass is 32.2. The van der Waals surface area contributed by atoms with Crippen LogP contribution in [-0.4, -0.2) is 55.6 Å². The first kappa shape index (κ1) is 16.7. The van der Waals surface area contributed by atoms with Gasteiger partial charge in [-0.15, -0.1) is 0 Å². The van der Waals surface area contributed by atoms with Crippen molar-refractivity contribution in [2.45, 2.75) is 18.2 Å². The molecule has 1 rings (SSSR count). The molecule has 0 unspecified atom stereocenters. The summed E-state index contributed by atoms with van der Waals surface area (Å²) in [4.78, 5) is 14.0. The van der Waals surface area contributed by atoms with Crippen molar-refractivity contribution >= 4 is 15.9 Å². The van der Waals surface area contributed by atoms with E-state index in [0.29, 0.717) is 25.2 Å². The Kier molecular flexibility index (Phi) is 5.73. The van der Waals surface area contributed by atoms with Gasteiger partial charge in [-0.05, 0) is 26.5 Å². The molecular formula is C12H21N3O4S. The van der Waals surface area contributed by atoms with E-state index >= 15 is 0 Å². The minimum absolute atomic E-state index is 0.0102. The molecule has 0 aliphatic rings. The molecule has 0 aliphatic heterocycles. The van der Waals surface area contributed by atoms with Gasteiger partial charge in [-0.25, -0.2) is 13.1 Å². The van der Waals surface area contributed by atoms with Gasteiger partial charge >= 0.3 is 0 Å². The lowest BCUT2D eigenvalue weighted by Crippen LogP contribution is -2.33. The molecule has 0 spiro atoms. The normalized spacial score (nSPS) is 11.6. The maximum absolute atomic E-state index is 12.3. The van der Waals surface area contributed by atoms with Gasteiger partial charge in [0.25, 0.3) is 5.91 Å². The SMILES string of the molecule is CCN(CCCO)C(=O)c1cc(S(=O)(=O)NC)cn1C. The summed E-state index contributed by atoms with van der Waals surface area (Å²) in [5, 5.41) is 8.83. The highest BCUT2D eigenvalue weighted by molar-refractivity contribution is 7.89. The lowest BCUT2D eigenvalue weighted by atomic mass is 10.3. The zero-order chi connectivity index (χ0) is 15.3. The van der Waals surface area contributed by atoms with E-state index in [0.717, 1.165) is 0 Å². The molecule has 0 saturated carbocycles. The van der Waals surface area contributed by atoms with Crippen molar-refractivity contribution in [2.24, 2.45) is 7.05 Å². The first-order valence-corrected chi connectivity index (χ1v) is 7.85. The van der Waals surface area contributed by atoms with Gasteiger partial charge in [-0.3, -0.25) is 4.79 Å². The summed E-state index contributed by atoms with van der Waals surface area (Å²) in [6, 6.07) is 1.36. The van der Waals surface area contributed by atoms with E-state index in [1.807, 2.05) is 6.92 Å². The molecule has 8 heteroatoms. The van der Waals surface area contributed by atoms with E-state index < -0.39 is 10.0 Å². The predicted octanol–water partition coefficient (Wildman–Crippen LogP) is -0.222. The second-order valence-corrected chi connectivity index (χ2v) is 6.23. The molecule has 0 fully saturated rings. The average Bonchev–Trinajstić information content (AvgIpc) is 2.82. The van der Waals surface area contributed by atoms with Crippen molar-refractivity contribution in [1.82, 2.24) is 14.2 Å². The van der Waals surface area contributed by atoms with Crippen LogP contribution in [0.15, 0.2) is 17.2 Å². The van der Waals surface area contributed by atoms with Crippen molar-refractivity contribution in [1.29, 1.82) is 0 Å². The number of aryl methyl sites for hydroxylation is 1. The Bertz CT molecular complexity index is 565. The molecule has 1 aromatic rings. The van der Waals surface area contributed by atoms with Gasteiger partial charge in [0.05, 0.1) is 0 Å². The first-order valence-electron chi connectivity index (χ1n) is 6.37. The molecule has 0 saturated heterocycles. The number of nitrogens with one attached hydrogen (secondary N) is 1. The number of carbonyl (C=O) groups excluding carboxylic acids is 1. The number of sulfonamides is 1. The lowest BCUT2D eigenvalue weighted by molar-refractivity contribution is 0.0744. The molecule has 0 aliphatic carbocycles. The lowest BCUT2D eigenvalue weighted by Gasteiger charge is -2.20. The molecule has 2 N–H and O–H groups in total.